The third-order valence-electron chi connectivity index (χ3n) is 1.57. The highest BCUT2D eigenvalue weighted by molar-refractivity contribution is 5.67. The van der Waals surface area contributed by atoms with Gasteiger partial charge in [-0.3, -0.25) is 4.84 Å². The molecule has 0 aromatic carbocycles. The second-order valence-electron chi connectivity index (χ2n) is 3.41. The fourth-order valence-corrected chi connectivity index (χ4v) is 0.842. The van der Waals surface area contributed by atoms with Crippen LogP contribution in [0.15, 0.2) is 12.3 Å². The van der Waals surface area contributed by atoms with E-state index >= 15 is 0 Å². The van der Waals surface area contributed by atoms with Crippen LogP contribution in [0.1, 0.15) is 6.92 Å². The zero-order valence-corrected chi connectivity index (χ0v) is 11.1. The van der Waals surface area contributed by atoms with Crippen molar-refractivity contribution in [1.82, 2.24) is 5.64 Å². The summed E-state index contributed by atoms with van der Waals surface area (Å²) in [5, 5.41) is 8.29. The van der Waals surface area contributed by atoms with E-state index < -0.39 is 5.97 Å². The standard InChI is InChI=1S/C11H21NO7/c1-10(2)19-12-18-8-7-16-4-3-15-5-6-17-9-11(13)14/h12H,1,3-9H2,2H3,(H,13,14). The molecule has 0 saturated heterocycles. The Morgan fingerprint density at radius 1 is 1.05 bits per heavy atom. The predicted molar refractivity (Wildman–Crippen MR) is 65.1 cm³/mol. The van der Waals surface area contributed by atoms with Crippen molar-refractivity contribution in [3.05, 3.63) is 12.3 Å². The van der Waals surface area contributed by atoms with Crippen molar-refractivity contribution in [2.24, 2.45) is 0 Å². The van der Waals surface area contributed by atoms with Gasteiger partial charge < -0.3 is 24.2 Å². The monoisotopic (exact) mass is 279 g/mol. The first kappa shape index (κ1) is 17.8. The topological polar surface area (TPSA) is 95.5 Å². The van der Waals surface area contributed by atoms with Gasteiger partial charge >= 0.3 is 5.97 Å². The van der Waals surface area contributed by atoms with Gasteiger partial charge in [-0.15, -0.1) is 0 Å². The Kier molecular flexibility index (Phi) is 12.4. The van der Waals surface area contributed by atoms with E-state index in [-0.39, 0.29) is 13.2 Å². The molecule has 0 saturated carbocycles. The van der Waals surface area contributed by atoms with E-state index in [0.717, 1.165) is 0 Å². The number of carbonyl (C=O) groups is 1. The number of ether oxygens (including phenoxy) is 3. The summed E-state index contributed by atoms with van der Waals surface area (Å²) in [6.07, 6.45) is 0. The molecule has 0 spiro atoms. The molecule has 0 heterocycles. The lowest BCUT2D eigenvalue weighted by Crippen LogP contribution is -2.18. The van der Waals surface area contributed by atoms with Gasteiger partial charge in [0, 0.05) is 0 Å². The van der Waals surface area contributed by atoms with Crippen molar-refractivity contribution in [1.29, 1.82) is 0 Å². The van der Waals surface area contributed by atoms with Gasteiger partial charge in [0.15, 0.2) is 0 Å². The highest BCUT2D eigenvalue weighted by atomic mass is 16.9. The summed E-state index contributed by atoms with van der Waals surface area (Å²) in [5.41, 5.74) is 2.24. The first-order valence-corrected chi connectivity index (χ1v) is 5.77. The molecule has 8 nitrogen and oxygen atoms in total. The molecule has 112 valence electrons. The van der Waals surface area contributed by atoms with Gasteiger partial charge in [-0.2, -0.15) is 0 Å². The summed E-state index contributed by atoms with van der Waals surface area (Å²) in [6, 6.07) is 0. The summed E-state index contributed by atoms with van der Waals surface area (Å²) in [4.78, 5) is 19.7. The number of nitrogens with one attached hydrogen (secondary N) is 1. The van der Waals surface area contributed by atoms with Crippen LogP contribution in [0.2, 0.25) is 0 Å². The minimum absolute atomic E-state index is 0.248. The number of aliphatic carboxylic acids is 1. The molecule has 0 atom stereocenters. The van der Waals surface area contributed by atoms with Gasteiger partial charge in [0.1, 0.15) is 12.4 Å². The average Bonchev–Trinajstić information content (AvgIpc) is 2.34. The number of carboxylic acid groups (broad SMARTS) is 1. The Morgan fingerprint density at radius 3 is 2.11 bits per heavy atom. The van der Waals surface area contributed by atoms with Gasteiger partial charge in [0.05, 0.1) is 39.6 Å². The third kappa shape index (κ3) is 16.8. The molecule has 0 aliphatic carbocycles. The van der Waals surface area contributed by atoms with E-state index in [1.165, 1.54) is 0 Å². The van der Waals surface area contributed by atoms with Crippen LogP contribution in [0.3, 0.4) is 0 Å². The van der Waals surface area contributed by atoms with Crippen molar-refractivity contribution >= 4 is 5.97 Å². The molecule has 0 fully saturated rings. The maximum absolute atomic E-state index is 10.1. The number of hydrogen-bond acceptors (Lipinski definition) is 7. The lowest BCUT2D eigenvalue weighted by Gasteiger charge is -2.07. The zero-order valence-electron chi connectivity index (χ0n) is 11.1. The van der Waals surface area contributed by atoms with Gasteiger partial charge in [-0.25, -0.2) is 4.79 Å². The van der Waals surface area contributed by atoms with E-state index in [9.17, 15) is 4.79 Å². The molecule has 0 amide bonds. The van der Waals surface area contributed by atoms with Crippen LogP contribution >= 0.6 is 0 Å². The second-order valence-corrected chi connectivity index (χ2v) is 3.41. The minimum Gasteiger partial charge on any atom is -0.480 e. The quantitative estimate of drug-likeness (QED) is 0.263. The molecule has 0 unspecified atom stereocenters. The fourth-order valence-electron chi connectivity index (χ4n) is 0.842. The maximum Gasteiger partial charge on any atom is 0.329 e. The Morgan fingerprint density at radius 2 is 1.58 bits per heavy atom. The second kappa shape index (κ2) is 13.2. The first-order valence-electron chi connectivity index (χ1n) is 5.77. The molecule has 0 aromatic rings. The Labute approximate surface area is 112 Å². The molecule has 0 radical (unpaired) electrons. The minimum atomic E-state index is -0.993. The fraction of sp³-hybridized carbons (Fsp3) is 0.727. The first-order chi connectivity index (χ1) is 9.13. The van der Waals surface area contributed by atoms with E-state index in [1.807, 2.05) is 0 Å². The number of hydrogen-bond donors (Lipinski definition) is 2. The van der Waals surface area contributed by atoms with E-state index in [2.05, 4.69) is 12.2 Å². The van der Waals surface area contributed by atoms with E-state index in [1.54, 1.807) is 6.92 Å². The summed E-state index contributed by atoms with van der Waals surface area (Å²) in [6.45, 7) is 7.01. The lowest BCUT2D eigenvalue weighted by atomic mass is 10.7. The summed E-state index contributed by atoms with van der Waals surface area (Å²) < 4.78 is 15.1. The molecule has 0 aliphatic rings. The summed E-state index contributed by atoms with van der Waals surface area (Å²) >= 11 is 0. The van der Waals surface area contributed by atoms with Crippen LogP contribution in [0, 0.1) is 0 Å². The molecule has 0 aromatic heterocycles. The van der Waals surface area contributed by atoms with Crippen LogP contribution in [0.5, 0.6) is 0 Å². The zero-order chi connectivity index (χ0) is 14.3. The third-order valence-corrected chi connectivity index (χ3v) is 1.57. The largest absolute Gasteiger partial charge is 0.480 e. The van der Waals surface area contributed by atoms with Crippen LogP contribution in [-0.4, -0.2) is 57.3 Å². The van der Waals surface area contributed by atoms with Crippen molar-refractivity contribution < 1.29 is 33.8 Å². The predicted octanol–water partition coefficient (Wildman–Crippen LogP) is 0.107. The SMILES string of the molecule is C=C(C)ONOCCOCCOCCOCC(=O)O. The van der Waals surface area contributed by atoms with Crippen molar-refractivity contribution in [2.45, 2.75) is 6.92 Å². The van der Waals surface area contributed by atoms with Crippen LogP contribution in [0.25, 0.3) is 0 Å². The molecule has 0 aliphatic heterocycles. The van der Waals surface area contributed by atoms with Crippen molar-refractivity contribution in [3.8, 4) is 0 Å². The van der Waals surface area contributed by atoms with E-state index in [4.69, 9.17) is 29.0 Å². The molecule has 8 heteroatoms. The highest BCUT2D eigenvalue weighted by Gasteiger charge is 1.96. The van der Waals surface area contributed by atoms with Gasteiger partial charge in [0.2, 0.25) is 0 Å². The van der Waals surface area contributed by atoms with Gasteiger partial charge in [0.25, 0.3) is 0 Å². The molecule has 0 bridgehead atoms. The summed E-state index contributed by atoms with van der Waals surface area (Å²) in [5.74, 6) is -0.494. The van der Waals surface area contributed by atoms with Crippen LogP contribution in [0.4, 0.5) is 0 Å². The van der Waals surface area contributed by atoms with Crippen molar-refractivity contribution in [3.63, 3.8) is 0 Å². The average molecular weight is 279 g/mol. The molecule has 2 N–H and O–H groups in total. The molecular weight excluding hydrogens is 258 g/mol. The van der Waals surface area contributed by atoms with E-state index in [0.29, 0.717) is 38.8 Å². The highest BCUT2D eigenvalue weighted by Crippen LogP contribution is 1.85. The molecular formula is C11H21NO7. The number of carboxylic acids is 1. The number of rotatable bonds is 14. The van der Waals surface area contributed by atoms with Gasteiger partial charge in [-0.05, 0) is 12.6 Å². The molecule has 19 heavy (non-hydrogen) atoms. The van der Waals surface area contributed by atoms with Crippen LogP contribution < -0.4 is 5.64 Å². The Bertz CT molecular complexity index is 223. The summed E-state index contributed by atoms with van der Waals surface area (Å²) in [7, 11) is 0. The maximum atomic E-state index is 10.1. The Balaban J connectivity index is 2.99. The Hall–Kier alpha value is -1.19. The normalized spacial score (nSPS) is 10.4. The lowest BCUT2D eigenvalue weighted by molar-refractivity contribution is -0.153. The number of allylic oxidation sites excluding steroid dienone is 1. The smallest absolute Gasteiger partial charge is 0.329 e. The molecule has 0 rings (SSSR count). The van der Waals surface area contributed by atoms with Crippen molar-refractivity contribution in [2.75, 3.05) is 46.2 Å². The van der Waals surface area contributed by atoms with Crippen LogP contribution in [-0.2, 0) is 28.7 Å². The van der Waals surface area contributed by atoms with Gasteiger partial charge in [-0.1, -0.05) is 6.58 Å².